The van der Waals surface area contributed by atoms with Crippen molar-refractivity contribution in [2.45, 2.75) is 36.0 Å². The molecule has 0 spiro atoms. The third-order valence-electron chi connectivity index (χ3n) is 4.59. The van der Waals surface area contributed by atoms with Gasteiger partial charge in [-0.25, -0.2) is 15.0 Å². The predicted octanol–water partition coefficient (Wildman–Crippen LogP) is 1.16. The fourth-order valence-corrected chi connectivity index (χ4v) is 4.04. The third-order valence-corrected chi connectivity index (χ3v) is 5.65. The molecular weight excluding hydrogens is 420 g/mol. The number of amides is 1. The highest BCUT2D eigenvalue weighted by molar-refractivity contribution is 7.99. The number of hydrogen-bond donors (Lipinski definition) is 3. The van der Waals surface area contributed by atoms with Gasteiger partial charge in [0.15, 0.2) is 33.6 Å². The number of aliphatic hydroxyl groups is 1. The molecule has 1 amide bonds. The predicted molar refractivity (Wildman–Crippen MR) is 114 cm³/mol. The first-order valence-electron chi connectivity index (χ1n) is 9.48. The molecule has 0 saturated heterocycles. The molecule has 2 aromatic heterocycles. The summed E-state index contributed by atoms with van der Waals surface area (Å²) in [6, 6.07) is 3.58. The van der Waals surface area contributed by atoms with Gasteiger partial charge in [-0.1, -0.05) is 17.7 Å². The van der Waals surface area contributed by atoms with Gasteiger partial charge in [-0.05, 0) is 19.4 Å². The number of ether oxygens (including phenoxy) is 2. The molecular formula is C20H20N6O4S. The van der Waals surface area contributed by atoms with Gasteiger partial charge >= 0.3 is 0 Å². The van der Waals surface area contributed by atoms with Crippen LogP contribution < -0.4 is 20.5 Å². The molecule has 3 aromatic rings. The number of aliphatic hydroxyl groups excluding tert-OH is 1. The van der Waals surface area contributed by atoms with Crippen molar-refractivity contribution in [3.8, 4) is 23.8 Å². The molecule has 3 heterocycles. The second-order valence-electron chi connectivity index (χ2n) is 6.75. The van der Waals surface area contributed by atoms with E-state index < -0.39 is 12.0 Å². The quantitative estimate of drug-likeness (QED) is 0.365. The summed E-state index contributed by atoms with van der Waals surface area (Å²) in [6.07, 6.45) is 6.61. The molecule has 11 heteroatoms. The second-order valence-corrected chi connectivity index (χ2v) is 7.75. The van der Waals surface area contributed by atoms with Crippen LogP contribution in [0, 0.1) is 12.3 Å². The Hall–Kier alpha value is -3.49. The van der Waals surface area contributed by atoms with Crippen LogP contribution in [0.1, 0.15) is 18.9 Å². The number of fused-ring (bicyclic) bond motifs is 2. The van der Waals surface area contributed by atoms with Crippen LogP contribution >= 0.6 is 11.8 Å². The Bertz CT molecular complexity index is 1190. The Labute approximate surface area is 182 Å². The summed E-state index contributed by atoms with van der Waals surface area (Å²) in [6.45, 7) is 2.46. The van der Waals surface area contributed by atoms with Crippen molar-refractivity contribution >= 4 is 34.7 Å². The van der Waals surface area contributed by atoms with Crippen molar-refractivity contribution in [3.05, 3.63) is 24.0 Å². The number of nitrogens with one attached hydrogen (secondary N) is 1. The standard InChI is InChI=1S/C20H20N6O4S/c1-3-12-7-13-14(30-10-29-13)8-15(12)31-20-25-16-17(21)23-9-24-18(16)26(20)6-4-5-22-19(28)11(2)27/h1,7-9,11,27H,4-6,10H2,2H3,(H,22,28)(H2,21,23,24). The fourth-order valence-electron chi connectivity index (χ4n) is 3.03. The van der Waals surface area contributed by atoms with E-state index in [2.05, 4.69) is 26.2 Å². The van der Waals surface area contributed by atoms with Crippen LogP contribution in [0.3, 0.4) is 0 Å². The van der Waals surface area contributed by atoms with Crippen molar-refractivity contribution in [1.82, 2.24) is 24.8 Å². The number of aromatic nitrogens is 4. The Balaban J connectivity index is 1.63. The van der Waals surface area contributed by atoms with Gasteiger partial charge in [0.25, 0.3) is 0 Å². The molecule has 160 valence electrons. The maximum absolute atomic E-state index is 11.6. The molecule has 31 heavy (non-hydrogen) atoms. The summed E-state index contributed by atoms with van der Waals surface area (Å²) < 4.78 is 12.8. The van der Waals surface area contributed by atoms with Crippen LogP contribution in [0.4, 0.5) is 5.82 Å². The molecule has 1 unspecified atom stereocenters. The zero-order valence-electron chi connectivity index (χ0n) is 16.7. The van der Waals surface area contributed by atoms with Crippen molar-refractivity contribution < 1.29 is 19.4 Å². The first-order valence-corrected chi connectivity index (χ1v) is 10.3. The minimum Gasteiger partial charge on any atom is -0.454 e. The lowest BCUT2D eigenvalue weighted by Crippen LogP contribution is -2.33. The first-order chi connectivity index (χ1) is 15.0. The molecule has 1 atom stereocenters. The lowest BCUT2D eigenvalue weighted by atomic mass is 10.2. The normalized spacial score (nSPS) is 13.2. The largest absolute Gasteiger partial charge is 0.454 e. The van der Waals surface area contributed by atoms with Gasteiger partial charge in [0.2, 0.25) is 12.7 Å². The summed E-state index contributed by atoms with van der Waals surface area (Å²) >= 11 is 1.36. The molecule has 10 nitrogen and oxygen atoms in total. The lowest BCUT2D eigenvalue weighted by molar-refractivity contribution is -0.128. The van der Waals surface area contributed by atoms with Gasteiger partial charge < -0.3 is 30.2 Å². The minimum atomic E-state index is -1.05. The number of nitrogens with two attached hydrogens (primary N) is 1. The van der Waals surface area contributed by atoms with E-state index >= 15 is 0 Å². The highest BCUT2D eigenvalue weighted by Gasteiger charge is 2.21. The molecule has 0 fully saturated rings. The number of rotatable bonds is 7. The van der Waals surface area contributed by atoms with E-state index in [-0.39, 0.29) is 12.6 Å². The molecule has 1 aliphatic rings. The van der Waals surface area contributed by atoms with E-state index in [1.54, 1.807) is 6.07 Å². The van der Waals surface area contributed by atoms with Crippen LogP contribution in [0.15, 0.2) is 28.5 Å². The van der Waals surface area contributed by atoms with Gasteiger partial charge in [-0.2, -0.15) is 0 Å². The zero-order valence-corrected chi connectivity index (χ0v) is 17.5. The molecule has 1 aromatic carbocycles. The van der Waals surface area contributed by atoms with E-state index in [1.807, 2.05) is 10.6 Å². The number of carbonyl (C=O) groups is 1. The van der Waals surface area contributed by atoms with Crippen molar-refractivity contribution in [3.63, 3.8) is 0 Å². The second kappa shape index (κ2) is 8.71. The number of nitrogens with zero attached hydrogens (tertiary/aromatic N) is 4. The maximum atomic E-state index is 11.6. The van der Waals surface area contributed by atoms with Crippen molar-refractivity contribution in [1.29, 1.82) is 0 Å². The van der Waals surface area contributed by atoms with Gasteiger partial charge in [0.05, 0.1) is 0 Å². The zero-order chi connectivity index (χ0) is 22.0. The summed E-state index contributed by atoms with van der Waals surface area (Å²) in [5.74, 6) is 3.74. The molecule has 0 bridgehead atoms. The fraction of sp³-hybridized carbons (Fsp3) is 0.300. The molecule has 1 aliphatic heterocycles. The van der Waals surface area contributed by atoms with E-state index in [0.29, 0.717) is 52.9 Å². The number of carbonyl (C=O) groups excluding carboxylic acids is 1. The Morgan fingerprint density at radius 3 is 2.94 bits per heavy atom. The summed E-state index contributed by atoms with van der Waals surface area (Å²) in [7, 11) is 0. The van der Waals surface area contributed by atoms with Crippen LogP contribution in [0.25, 0.3) is 11.2 Å². The Morgan fingerprint density at radius 1 is 1.42 bits per heavy atom. The number of anilines is 1. The highest BCUT2D eigenvalue weighted by Crippen LogP contribution is 2.41. The molecule has 0 saturated carbocycles. The first kappa shape index (κ1) is 20.8. The number of benzene rings is 1. The molecule has 4 N–H and O–H groups in total. The molecule has 4 rings (SSSR count). The molecule has 0 radical (unpaired) electrons. The average Bonchev–Trinajstić information content (AvgIpc) is 3.35. The topological polar surface area (TPSA) is 137 Å². The van der Waals surface area contributed by atoms with Crippen LogP contribution in [-0.2, 0) is 11.3 Å². The summed E-state index contributed by atoms with van der Waals surface area (Å²) in [5.41, 5.74) is 7.72. The van der Waals surface area contributed by atoms with E-state index in [4.69, 9.17) is 21.6 Å². The van der Waals surface area contributed by atoms with Gasteiger partial charge in [-0.15, -0.1) is 6.42 Å². The average molecular weight is 440 g/mol. The van der Waals surface area contributed by atoms with Crippen LogP contribution in [0.2, 0.25) is 0 Å². The van der Waals surface area contributed by atoms with Gasteiger partial charge in [0, 0.05) is 29.6 Å². The van der Waals surface area contributed by atoms with E-state index in [1.165, 1.54) is 25.0 Å². The maximum Gasteiger partial charge on any atom is 0.248 e. The van der Waals surface area contributed by atoms with E-state index in [9.17, 15) is 9.90 Å². The smallest absolute Gasteiger partial charge is 0.248 e. The summed E-state index contributed by atoms with van der Waals surface area (Å²) in [5, 5.41) is 12.6. The highest BCUT2D eigenvalue weighted by atomic mass is 32.2. The Morgan fingerprint density at radius 2 is 2.19 bits per heavy atom. The Kier molecular flexibility index (Phi) is 5.83. The number of aryl methyl sites for hydroxylation is 1. The van der Waals surface area contributed by atoms with Crippen molar-refractivity contribution in [2.24, 2.45) is 0 Å². The molecule has 0 aliphatic carbocycles. The third kappa shape index (κ3) is 4.21. The summed E-state index contributed by atoms with van der Waals surface area (Å²) in [4.78, 5) is 25.3. The van der Waals surface area contributed by atoms with Gasteiger partial charge in [0.1, 0.15) is 12.4 Å². The monoisotopic (exact) mass is 440 g/mol. The number of nitrogen functional groups attached to an aromatic ring is 1. The van der Waals surface area contributed by atoms with Gasteiger partial charge in [-0.3, -0.25) is 4.79 Å². The van der Waals surface area contributed by atoms with Crippen molar-refractivity contribution in [2.75, 3.05) is 19.1 Å². The number of terminal acetylenes is 1. The van der Waals surface area contributed by atoms with Crippen LogP contribution in [0.5, 0.6) is 11.5 Å². The van der Waals surface area contributed by atoms with Crippen LogP contribution in [-0.4, -0.2) is 50.0 Å². The minimum absolute atomic E-state index is 0.149. The number of hydrogen-bond acceptors (Lipinski definition) is 9. The SMILES string of the molecule is C#Cc1cc2c(cc1Sc1nc3c(N)ncnc3n1CCCNC(=O)C(C)O)OCO2. The number of imidazole rings is 1. The lowest BCUT2D eigenvalue weighted by Gasteiger charge is -2.11. The van der Waals surface area contributed by atoms with E-state index in [0.717, 1.165) is 4.90 Å².